The smallest absolute Gasteiger partial charge is 0.306 e. The maximum Gasteiger partial charge on any atom is 0.306 e. The van der Waals surface area contributed by atoms with Crippen LogP contribution in [-0.4, -0.2) is 27.1 Å². The Morgan fingerprint density at radius 3 is 2.52 bits per heavy atom. The summed E-state index contributed by atoms with van der Waals surface area (Å²) in [7, 11) is 0. The monoisotopic (exact) mass is 312 g/mol. The van der Waals surface area contributed by atoms with Gasteiger partial charge in [0.1, 0.15) is 0 Å². The van der Waals surface area contributed by atoms with E-state index in [1.807, 2.05) is 18.2 Å². The fraction of sp³-hybridized carbons (Fsp3) is 0.389. The molecule has 3 rings (SSSR count). The van der Waals surface area contributed by atoms with Gasteiger partial charge in [-0.3, -0.25) is 14.7 Å². The molecule has 2 aromatic rings. The van der Waals surface area contributed by atoms with Gasteiger partial charge in [0.05, 0.1) is 11.6 Å². The molecule has 23 heavy (non-hydrogen) atoms. The number of H-pyrrole nitrogens is 1. The van der Waals surface area contributed by atoms with Gasteiger partial charge in [-0.15, -0.1) is 0 Å². The number of rotatable bonds is 5. The van der Waals surface area contributed by atoms with Crippen molar-refractivity contribution >= 4 is 11.8 Å². The van der Waals surface area contributed by atoms with Gasteiger partial charge in [-0.2, -0.15) is 5.10 Å². The van der Waals surface area contributed by atoms with E-state index in [1.165, 1.54) is 0 Å². The molecule has 1 saturated carbocycles. The normalized spacial score (nSPS) is 21.0. The van der Waals surface area contributed by atoms with E-state index in [-0.39, 0.29) is 17.6 Å². The lowest BCUT2D eigenvalue weighted by atomic mass is 9.76. The summed E-state index contributed by atoms with van der Waals surface area (Å²) in [5.41, 5.74) is 2.52. The van der Waals surface area contributed by atoms with Crippen molar-refractivity contribution in [2.24, 2.45) is 11.8 Å². The van der Waals surface area contributed by atoms with Crippen LogP contribution in [-0.2, 0) is 4.79 Å². The van der Waals surface area contributed by atoms with Crippen LogP contribution < -0.4 is 0 Å². The third kappa shape index (κ3) is 3.50. The van der Waals surface area contributed by atoms with Gasteiger partial charge in [0.2, 0.25) is 0 Å². The number of aromatic amines is 1. The molecule has 0 unspecified atom stereocenters. The lowest BCUT2D eigenvalue weighted by molar-refractivity contribution is -0.144. The molecule has 0 saturated heterocycles. The zero-order valence-electron chi connectivity index (χ0n) is 12.9. The number of ketones is 1. The molecule has 1 heterocycles. The summed E-state index contributed by atoms with van der Waals surface area (Å²) in [5, 5.41) is 16.1. The molecule has 1 aliphatic rings. The van der Waals surface area contributed by atoms with Crippen molar-refractivity contribution in [1.29, 1.82) is 0 Å². The number of carbonyl (C=O) groups excluding carboxylic acids is 1. The number of hydrogen-bond donors (Lipinski definition) is 2. The van der Waals surface area contributed by atoms with Crippen molar-refractivity contribution in [2.45, 2.75) is 32.1 Å². The van der Waals surface area contributed by atoms with Crippen LogP contribution in [0.4, 0.5) is 0 Å². The van der Waals surface area contributed by atoms with Gasteiger partial charge in [-0.05, 0) is 30.4 Å². The Morgan fingerprint density at radius 2 is 1.87 bits per heavy atom. The first-order valence-corrected chi connectivity index (χ1v) is 8.01. The molecular weight excluding hydrogens is 292 g/mol. The van der Waals surface area contributed by atoms with E-state index in [4.69, 9.17) is 0 Å². The summed E-state index contributed by atoms with van der Waals surface area (Å²) in [4.78, 5) is 23.8. The predicted octanol–water partition coefficient (Wildman–Crippen LogP) is 3.54. The van der Waals surface area contributed by atoms with Crippen LogP contribution in [0.1, 0.15) is 42.5 Å². The molecule has 120 valence electrons. The number of hydrogen-bond acceptors (Lipinski definition) is 3. The molecule has 0 aliphatic heterocycles. The van der Waals surface area contributed by atoms with Gasteiger partial charge >= 0.3 is 5.97 Å². The first-order chi connectivity index (χ1) is 11.1. The first kappa shape index (κ1) is 15.5. The fourth-order valence-corrected chi connectivity index (χ4v) is 3.39. The van der Waals surface area contributed by atoms with Crippen molar-refractivity contribution in [3.63, 3.8) is 0 Å². The largest absolute Gasteiger partial charge is 0.481 e. The highest BCUT2D eigenvalue weighted by atomic mass is 16.4. The summed E-state index contributed by atoms with van der Waals surface area (Å²) in [6.07, 6.45) is 5.48. The number of carbonyl (C=O) groups is 2. The number of nitrogens with one attached hydrogen (secondary N) is 1. The maximum atomic E-state index is 12.5. The second-order valence-electron chi connectivity index (χ2n) is 6.16. The van der Waals surface area contributed by atoms with Crippen LogP contribution >= 0.6 is 0 Å². The third-order valence-electron chi connectivity index (χ3n) is 4.69. The molecular formula is C18H20N2O3. The summed E-state index contributed by atoms with van der Waals surface area (Å²) >= 11 is 0. The minimum absolute atomic E-state index is 0.0271. The van der Waals surface area contributed by atoms with Gasteiger partial charge in [0, 0.05) is 18.2 Å². The molecule has 0 bridgehead atoms. The summed E-state index contributed by atoms with van der Waals surface area (Å²) in [6.45, 7) is 0. The number of benzene rings is 1. The number of nitrogens with zero attached hydrogens (tertiary/aromatic N) is 1. The second-order valence-corrected chi connectivity index (χ2v) is 6.16. The van der Waals surface area contributed by atoms with Crippen LogP contribution in [0, 0.1) is 11.8 Å². The van der Waals surface area contributed by atoms with Crippen LogP contribution in [0.3, 0.4) is 0 Å². The third-order valence-corrected chi connectivity index (χ3v) is 4.69. The van der Waals surface area contributed by atoms with Crippen molar-refractivity contribution in [3.8, 4) is 11.3 Å². The minimum atomic E-state index is -0.767. The molecule has 1 aromatic heterocycles. The van der Waals surface area contributed by atoms with Gasteiger partial charge in [0.25, 0.3) is 0 Å². The van der Waals surface area contributed by atoms with E-state index in [9.17, 15) is 14.7 Å². The molecule has 2 N–H and O–H groups in total. The standard InChI is InChI=1S/C18H20N2O3/c21-17(11-14-3-1-2-4-15(14)18(22)23)13-7-5-12(6-8-13)16-9-10-19-20-16/h5-10,14-15H,1-4,11H2,(H,19,20)(H,22,23)/t14-,15-/m1/s1. The Bertz CT molecular complexity index is 677. The van der Waals surface area contributed by atoms with Crippen molar-refractivity contribution < 1.29 is 14.7 Å². The average molecular weight is 312 g/mol. The van der Waals surface area contributed by atoms with Crippen molar-refractivity contribution in [1.82, 2.24) is 10.2 Å². The quantitative estimate of drug-likeness (QED) is 0.827. The Morgan fingerprint density at radius 1 is 1.13 bits per heavy atom. The van der Waals surface area contributed by atoms with Gasteiger partial charge in [-0.1, -0.05) is 37.1 Å². The number of aliphatic carboxylic acids is 1. The summed E-state index contributed by atoms with van der Waals surface area (Å²) in [5.74, 6) is -1.16. The zero-order valence-corrected chi connectivity index (χ0v) is 12.9. The lowest BCUT2D eigenvalue weighted by Gasteiger charge is -2.27. The number of carboxylic acids is 1. The van der Waals surface area contributed by atoms with Gasteiger partial charge in [0.15, 0.2) is 5.78 Å². The maximum absolute atomic E-state index is 12.5. The van der Waals surface area contributed by atoms with Crippen molar-refractivity contribution in [3.05, 3.63) is 42.1 Å². The summed E-state index contributed by atoms with van der Waals surface area (Å²) < 4.78 is 0. The molecule has 1 aliphatic carbocycles. The fourth-order valence-electron chi connectivity index (χ4n) is 3.39. The van der Waals surface area contributed by atoms with Crippen LogP contribution in [0.5, 0.6) is 0 Å². The number of carboxylic acid groups (broad SMARTS) is 1. The van der Waals surface area contributed by atoms with E-state index in [1.54, 1.807) is 18.3 Å². The molecule has 0 amide bonds. The van der Waals surface area contributed by atoms with Gasteiger partial charge < -0.3 is 5.11 Å². The van der Waals surface area contributed by atoms with Crippen molar-refractivity contribution in [2.75, 3.05) is 0 Å². The lowest BCUT2D eigenvalue weighted by Crippen LogP contribution is -2.28. The van der Waals surface area contributed by atoms with E-state index >= 15 is 0 Å². The minimum Gasteiger partial charge on any atom is -0.481 e. The highest BCUT2D eigenvalue weighted by Gasteiger charge is 2.32. The molecule has 0 radical (unpaired) electrons. The van der Waals surface area contributed by atoms with Gasteiger partial charge in [-0.25, -0.2) is 0 Å². The van der Waals surface area contributed by atoms with E-state index < -0.39 is 5.97 Å². The Balaban J connectivity index is 1.69. The van der Waals surface area contributed by atoms with Crippen LogP contribution in [0.25, 0.3) is 11.3 Å². The molecule has 2 atom stereocenters. The average Bonchev–Trinajstić information content (AvgIpc) is 3.10. The topological polar surface area (TPSA) is 83.1 Å². The highest BCUT2D eigenvalue weighted by molar-refractivity contribution is 5.96. The Hall–Kier alpha value is -2.43. The number of aromatic nitrogens is 2. The van der Waals surface area contributed by atoms with Crippen LogP contribution in [0.15, 0.2) is 36.5 Å². The SMILES string of the molecule is O=C(C[C@H]1CCCC[C@H]1C(=O)O)c1ccc(-c2ccn[nH]2)cc1. The van der Waals surface area contributed by atoms with Crippen LogP contribution in [0.2, 0.25) is 0 Å². The highest BCUT2D eigenvalue weighted by Crippen LogP contribution is 2.33. The van der Waals surface area contributed by atoms with E-state index in [0.29, 0.717) is 18.4 Å². The number of Topliss-reactive ketones (excluding diaryl/α,β-unsaturated/α-hetero) is 1. The molecule has 1 aromatic carbocycles. The predicted molar refractivity (Wildman–Crippen MR) is 86.1 cm³/mol. The summed E-state index contributed by atoms with van der Waals surface area (Å²) in [6, 6.07) is 9.25. The zero-order chi connectivity index (χ0) is 16.2. The molecule has 1 fully saturated rings. The van der Waals surface area contributed by atoms with E-state index in [0.717, 1.165) is 30.5 Å². The second kappa shape index (κ2) is 6.77. The Labute approximate surface area is 134 Å². The Kier molecular flexibility index (Phi) is 4.55. The molecule has 5 nitrogen and oxygen atoms in total. The van der Waals surface area contributed by atoms with E-state index in [2.05, 4.69) is 10.2 Å². The first-order valence-electron chi connectivity index (χ1n) is 8.01. The molecule has 5 heteroatoms. The molecule has 0 spiro atoms.